The molecule has 0 aliphatic carbocycles. The van der Waals surface area contributed by atoms with Gasteiger partial charge in [-0.1, -0.05) is 6.92 Å². The van der Waals surface area contributed by atoms with Crippen molar-refractivity contribution in [1.82, 2.24) is 9.80 Å². The molecule has 1 amide bonds. The van der Waals surface area contributed by atoms with E-state index in [2.05, 4.69) is 11.8 Å². The molecule has 0 spiro atoms. The maximum absolute atomic E-state index is 13.9. The molecule has 22 heavy (non-hydrogen) atoms. The lowest BCUT2D eigenvalue weighted by atomic mass is 10.0. The van der Waals surface area contributed by atoms with Crippen LogP contribution in [0.25, 0.3) is 0 Å². The fraction of sp³-hybridized carbons (Fsp3) is 0.562. The Morgan fingerprint density at radius 2 is 2.05 bits per heavy atom. The Labute approximate surface area is 129 Å². The Hall–Kier alpha value is -1.66. The van der Waals surface area contributed by atoms with Crippen molar-refractivity contribution in [2.75, 3.05) is 39.4 Å². The summed E-state index contributed by atoms with van der Waals surface area (Å²) in [6.07, 6.45) is 0. The summed E-state index contributed by atoms with van der Waals surface area (Å²) in [5, 5.41) is 9.26. The van der Waals surface area contributed by atoms with Gasteiger partial charge in [0.15, 0.2) is 0 Å². The molecule has 0 radical (unpaired) electrons. The number of nitrogens with zero attached hydrogens (tertiary/aromatic N) is 2. The van der Waals surface area contributed by atoms with Gasteiger partial charge in [-0.2, -0.15) is 0 Å². The highest BCUT2D eigenvalue weighted by atomic mass is 19.1. The first-order valence-electron chi connectivity index (χ1n) is 7.66. The number of hydrogen-bond acceptors (Lipinski definition) is 4. The number of hydrogen-bond donors (Lipinski definition) is 1. The Kier molecular flexibility index (Phi) is 4.31. The lowest BCUT2D eigenvalue weighted by molar-refractivity contribution is 0.0119. The van der Waals surface area contributed by atoms with Gasteiger partial charge >= 0.3 is 0 Å². The molecular formula is C16H21FN2O3. The molecule has 2 unspecified atom stereocenters. The molecule has 3 rings (SSSR count). The third-order valence-electron chi connectivity index (χ3n) is 4.56. The second kappa shape index (κ2) is 6.22. The molecule has 2 heterocycles. The van der Waals surface area contributed by atoms with E-state index in [1.165, 1.54) is 12.1 Å². The minimum atomic E-state index is -0.674. The van der Waals surface area contributed by atoms with E-state index in [0.717, 1.165) is 32.4 Å². The molecule has 2 fully saturated rings. The first-order valence-corrected chi connectivity index (χ1v) is 7.66. The Morgan fingerprint density at radius 3 is 2.73 bits per heavy atom. The number of aromatic hydroxyl groups is 1. The molecule has 2 aliphatic heterocycles. The SMILES string of the molecule is CC1CN(C(=O)c2ccc(O)cc2F)CC1N1CCOCC1. The first-order chi connectivity index (χ1) is 10.6. The van der Waals surface area contributed by atoms with Crippen molar-refractivity contribution >= 4 is 5.91 Å². The van der Waals surface area contributed by atoms with Crippen LogP contribution in [0.1, 0.15) is 17.3 Å². The molecule has 120 valence electrons. The molecule has 2 saturated heterocycles. The third kappa shape index (κ3) is 2.94. The van der Waals surface area contributed by atoms with E-state index in [-0.39, 0.29) is 17.2 Å². The van der Waals surface area contributed by atoms with Gasteiger partial charge in [0.1, 0.15) is 11.6 Å². The standard InChI is InChI=1S/C16H21FN2O3/c1-11-9-19(10-15(11)18-4-6-22-7-5-18)16(21)13-3-2-12(20)8-14(13)17/h2-3,8,11,15,20H,4-7,9-10H2,1H3. The van der Waals surface area contributed by atoms with E-state index < -0.39 is 5.82 Å². The van der Waals surface area contributed by atoms with Crippen LogP contribution in [0, 0.1) is 11.7 Å². The van der Waals surface area contributed by atoms with Crippen molar-refractivity contribution in [3.63, 3.8) is 0 Å². The minimum absolute atomic E-state index is 0.0210. The van der Waals surface area contributed by atoms with Gasteiger partial charge in [0.25, 0.3) is 5.91 Å². The molecule has 0 aromatic heterocycles. The van der Waals surface area contributed by atoms with Crippen LogP contribution in [0.5, 0.6) is 5.75 Å². The number of carbonyl (C=O) groups is 1. The number of ether oxygens (including phenoxy) is 1. The van der Waals surface area contributed by atoms with Crippen molar-refractivity contribution in [3.8, 4) is 5.75 Å². The van der Waals surface area contributed by atoms with Gasteiger partial charge in [0.05, 0.1) is 18.8 Å². The topological polar surface area (TPSA) is 53.0 Å². The fourth-order valence-electron chi connectivity index (χ4n) is 3.35. The zero-order valence-electron chi connectivity index (χ0n) is 12.7. The van der Waals surface area contributed by atoms with Gasteiger partial charge < -0.3 is 14.7 Å². The van der Waals surface area contributed by atoms with Crippen LogP contribution < -0.4 is 0 Å². The number of benzene rings is 1. The highest BCUT2D eigenvalue weighted by molar-refractivity contribution is 5.94. The van der Waals surface area contributed by atoms with E-state index in [9.17, 15) is 14.3 Å². The summed E-state index contributed by atoms with van der Waals surface area (Å²) in [5.74, 6) is -0.801. The predicted molar refractivity (Wildman–Crippen MR) is 79.3 cm³/mol. The Balaban J connectivity index is 1.71. The van der Waals surface area contributed by atoms with Crippen LogP contribution in [0.15, 0.2) is 18.2 Å². The number of morpholine rings is 1. The smallest absolute Gasteiger partial charge is 0.256 e. The zero-order chi connectivity index (χ0) is 15.7. The maximum Gasteiger partial charge on any atom is 0.256 e. The van der Waals surface area contributed by atoms with Crippen LogP contribution in [0.4, 0.5) is 4.39 Å². The second-order valence-corrected chi connectivity index (χ2v) is 6.07. The average molecular weight is 308 g/mol. The molecule has 0 bridgehead atoms. The number of carbonyl (C=O) groups excluding carboxylic acids is 1. The molecule has 2 aliphatic rings. The fourth-order valence-corrected chi connectivity index (χ4v) is 3.35. The van der Waals surface area contributed by atoms with Crippen molar-refractivity contribution in [2.45, 2.75) is 13.0 Å². The third-order valence-corrected chi connectivity index (χ3v) is 4.56. The number of amides is 1. The van der Waals surface area contributed by atoms with E-state index in [4.69, 9.17) is 4.74 Å². The molecule has 5 nitrogen and oxygen atoms in total. The number of halogens is 1. The van der Waals surface area contributed by atoms with Gasteiger partial charge in [0, 0.05) is 38.3 Å². The summed E-state index contributed by atoms with van der Waals surface area (Å²) in [6, 6.07) is 3.97. The van der Waals surface area contributed by atoms with Gasteiger partial charge in [0.2, 0.25) is 0 Å². The highest BCUT2D eigenvalue weighted by Gasteiger charge is 2.37. The largest absolute Gasteiger partial charge is 0.508 e. The Morgan fingerprint density at radius 1 is 1.32 bits per heavy atom. The van der Waals surface area contributed by atoms with E-state index in [0.29, 0.717) is 25.0 Å². The molecule has 1 aromatic rings. The van der Waals surface area contributed by atoms with Gasteiger partial charge in [-0.3, -0.25) is 9.69 Å². The molecule has 0 saturated carbocycles. The first kappa shape index (κ1) is 15.2. The summed E-state index contributed by atoms with van der Waals surface area (Å²) < 4.78 is 19.2. The average Bonchev–Trinajstić information content (AvgIpc) is 2.89. The van der Waals surface area contributed by atoms with Crippen molar-refractivity contribution in [3.05, 3.63) is 29.6 Å². The Bertz CT molecular complexity index is 560. The van der Waals surface area contributed by atoms with Crippen LogP contribution in [-0.4, -0.2) is 66.2 Å². The number of phenols is 1. The van der Waals surface area contributed by atoms with Gasteiger partial charge in [-0.05, 0) is 18.1 Å². The number of rotatable bonds is 2. The van der Waals surface area contributed by atoms with Crippen LogP contribution in [0.3, 0.4) is 0 Å². The van der Waals surface area contributed by atoms with E-state index >= 15 is 0 Å². The molecule has 1 aromatic carbocycles. The van der Waals surface area contributed by atoms with Crippen LogP contribution in [0.2, 0.25) is 0 Å². The minimum Gasteiger partial charge on any atom is -0.508 e. The normalized spacial score (nSPS) is 26.4. The zero-order valence-corrected chi connectivity index (χ0v) is 12.7. The van der Waals surface area contributed by atoms with E-state index in [1.54, 1.807) is 4.90 Å². The monoisotopic (exact) mass is 308 g/mol. The quantitative estimate of drug-likeness (QED) is 0.895. The lowest BCUT2D eigenvalue weighted by Gasteiger charge is -2.34. The summed E-state index contributed by atoms with van der Waals surface area (Å²) in [5.41, 5.74) is 0.0210. The van der Waals surface area contributed by atoms with Crippen molar-refractivity contribution in [1.29, 1.82) is 0 Å². The molecule has 1 N–H and O–H groups in total. The van der Waals surface area contributed by atoms with Crippen LogP contribution >= 0.6 is 0 Å². The summed E-state index contributed by atoms with van der Waals surface area (Å²) in [4.78, 5) is 16.6. The van der Waals surface area contributed by atoms with Gasteiger partial charge in [-0.25, -0.2) is 4.39 Å². The summed E-state index contributed by atoms with van der Waals surface area (Å²) >= 11 is 0. The molecule has 6 heteroatoms. The van der Waals surface area contributed by atoms with Crippen LogP contribution in [-0.2, 0) is 4.74 Å². The number of phenolic OH excluding ortho intramolecular Hbond substituents is 1. The predicted octanol–water partition coefficient (Wildman–Crippen LogP) is 1.32. The van der Waals surface area contributed by atoms with Gasteiger partial charge in [-0.15, -0.1) is 0 Å². The highest BCUT2D eigenvalue weighted by Crippen LogP contribution is 2.25. The second-order valence-electron chi connectivity index (χ2n) is 6.07. The van der Waals surface area contributed by atoms with E-state index in [1.807, 2.05) is 0 Å². The summed E-state index contributed by atoms with van der Waals surface area (Å²) in [7, 11) is 0. The van der Waals surface area contributed by atoms with Crippen molar-refractivity contribution < 1.29 is 19.0 Å². The van der Waals surface area contributed by atoms with Crippen molar-refractivity contribution in [2.24, 2.45) is 5.92 Å². The number of likely N-dealkylation sites (tertiary alicyclic amines) is 1. The molecular weight excluding hydrogens is 287 g/mol. The summed E-state index contributed by atoms with van der Waals surface area (Å²) in [6.45, 7) is 6.57. The maximum atomic E-state index is 13.9. The molecule has 2 atom stereocenters. The lowest BCUT2D eigenvalue weighted by Crippen LogP contribution is -2.47.